The van der Waals surface area contributed by atoms with E-state index in [9.17, 15) is 4.79 Å². The Labute approximate surface area is 120 Å². The summed E-state index contributed by atoms with van der Waals surface area (Å²) in [5.41, 5.74) is 1.43. The topological polar surface area (TPSA) is 83.4 Å². The van der Waals surface area contributed by atoms with Crippen molar-refractivity contribution in [1.82, 2.24) is 0 Å². The number of benzene rings is 2. The van der Waals surface area contributed by atoms with Gasteiger partial charge in [-0.2, -0.15) is 5.26 Å². The number of hydrogen-bond donors (Lipinski definition) is 2. The maximum atomic E-state index is 11.9. The Bertz CT molecular complexity index is 737. The van der Waals surface area contributed by atoms with Gasteiger partial charge in [-0.25, -0.2) is 4.79 Å². The van der Waals surface area contributed by atoms with E-state index in [4.69, 9.17) is 14.7 Å². The molecule has 0 bridgehead atoms. The van der Waals surface area contributed by atoms with E-state index in [1.54, 1.807) is 42.5 Å². The highest BCUT2D eigenvalue weighted by molar-refractivity contribution is 6.00. The van der Waals surface area contributed by atoms with Crippen molar-refractivity contribution in [2.75, 3.05) is 17.4 Å². The van der Waals surface area contributed by atoms with Crippen LogP contribution < -0.4 is 20.1 Å². The van der Waals surface area contributed by atoms with Gasteiger partial charge >= 0.3 is 6.03 Å². The van der Waals surface area contributed by atoms with Crippen molar-refractivity contribution in [2.24, 2.45) is 0 Å². The number of anilines is 2. The molecule has 2 amide bonds. The van der Waals surface area contributed by atoms with E-state index in [0.29, 0.717) is 28.4 Å². The van der Waals surface area contributed by atoms with Gasteiger partial charge in [0.05, 0.1) is 11.3 Å². The van der Waals surface area contributed by atoms with E-state index in [1.165, 1.54) is 0 Å². The highest BCUT2D eigenvalue weighted by Crippen LogP contribution is 2.34. The Balaban J connectivity index is 1.71. The van der Waals surface area contributed by atoms with Gasteiger partial charge in [0.2, 0.25) is 6.79 Å². The SMILES string of the molecule is N#Cc1ccccc1NC(=O)Nc1ccc2c(c1)OCO2. The lowest BCUT2D eigenvalue weighted by Crippen LogP contribution is -2.19. The minimum Gasteiger partial charge on any atom is -0.454 e. The number of ether oxygens (including phenoxy) is 2. The Hall–Kier alpha value is -3.20. The summed E-state index contributed by atoms with van der Waals surface area (Å²) < 4.78 is 10.4. The Kier molecular flexibility index (Phi) is 3.31. The van der Waals surface area contributed by atoms with Crippen LogP contribution in [0.1, 0.15) is 5.56 Å². The zero-order valence-corrected chi connectivity index (χ0v) is 10.9. The first-order valence-electron chi connectivity index (χ1n) is 6.23. The van der Waals surface area contributed by atoms with Crippen LogP contribution in [-0.2, 0) is 0 Å². The number of urea groups is 1. The highest BCUT2D eigenvalue weighted by atomic mass is 16.7. The summed E-state index contributed by atoms with van der Waals surface area (Å²) >= 11 is 0. The monoisotopic (exact) mass is 281 g/mol. The molecule has 0 atom stereocenters. The van der Waals surface area contributed by atoms with Crippen molar-refractivity contribution < 1.29 is 14.3 Å². The summed E-state index contributed by atoms with van der Waals surface area (Å²) in [7, 11) is 0. The molecule has 0 unspecified atom stereocenters. The zero-order chi connectivity index (χ0) is 14.7. The number of nitrogens with zero attached hydrogens (tertiary/aromatic N) is 1. The van der Waals surface area contributed by atoms with Crippen LogP contribution in [0.3, 0.4) is 0 Å². The smallest absolute Gasteiger partial charge is 0.323 e. The van der Waals surface area contributed by atoms with E-state index < -0.39 is 6.03 Å². The maximum absolute atomic E-state index is 11.9. The van der Waals surface area contributed by atoms with Gasteiger partial charge in [-0.05, 0) is 24.3 Å². The molecule has 0 saturated heterocycles. The molecule has 2 N–H and O–H groups in total. The van der Waals surface area contributed by atoms with Crippen molar-refractivity contribution >= 4 is 17.4 Å². The van der Waals surface area contributed by atoms with Crippen LogP contribution in [0.4, 0.5) is 16.2 Å². The van der Waals surface area contributed by atoms with Crippen LogP contribution in [0, 0.1) is 11.3 Å². The number of hydrogen-bond acceptors (Lipinski definition) is 4. The zero-order valence-electron chi connectivity index (χ0n) is 10.9. The van der Waals surface area contributed by atoms with E-state index in [2.05, 4.69) is 10.6 Å². The minimum absolute atomic E-state index is 0.181. The van der Waals surface area contributed by atoms with Crippen LogP contribution in [0.5, 0.6) is 11.5 Å². The molecule has 3 rings (SSSR count). The molecule has 21 heavy (non-hydrogen) atoms. The summed E-state index contributed by atoms with van der Waals surface area (Å²) in [6.07, 6.45) is 0. The van der Waals surface area contributed by atoms with E-state index in [1.807, 2.05) is 6.07 Å². The van der Waals surface area contributed by atoms with Gasteiger partial charge < -0.3 is 20.1 Å². The first kappa shape index (κ1) is 12.8. The second-order valence-corrected chi connectivity index (χ2v) is 4.30. The molecule has 0 aromatic heterocycles. The number of carbonyl (C=O) groups excluding carboxylic acids is 1. The van der Waals surface area contributed by atoms with Gasteiger partial charge in [-0.3, -0.25) is 0 Å². The number of nitriles is 1. The molecule has 6 nitrogen and oxygen atoms in total. The summed E-state index contributed by atoms with van der Waals surface area (Å²) in [5.74, 6) is 1.24. The van der Waals surface area contributed by atoms with Crippen LogP contribution in [0.15, 0.2) is 42.5 Å². The molecule has 0 radical (unpaired) electrons. The van der Waals surface area contributed by atoms with Gasteiger partial charge in [0.1, 0.15) is 6.07 Å². The number of carbonyl (C=O) groups is 1. The van der Waals surface area contributed by atoms with Gasteiger partial charge in [-0.1, -0.05) is 12.1 Å². The summed E-state index contributed by atoms with van der Waals surface area (Å²) in [5, 5.41) is 14.3. The summed E-state index contributed by atoms with van der Waals surface area (Å²) in [4.78, 5) is 11.9. The van der Waals surface area contributed by atoms with Crippen molar-refractivity contribution in [2.45, 2.75) is 0 Å². The molecule has 0 saturated carbocycles. The highest BCUT2D eigenvalue weighted by Gasteiger charge is 2.14. The van der Waals surface area contributed by atoms with Gasteiger partial charge in [0.25, 0.3) is 0 Å². The third-order valence-electron chi connectivity index (χ3n) is 2.93. The largest absolute Gasteiger partial charge is 0.454 e. The molecule has 0 fully saturated rings. The molecule has 2 aromatic rings. The van der Waals surface area contributed by atoms with E-state index in [0.717, 1.165) is 0 Å². The number of rotatable bonds is 2. The number of para-hydroxylation sites is 1. The first-order chi connectivity index (χ1) is 10.3. The van der Waals surface area contributed by atoms with E-state index >= 15 is 0 Å². The third-order valence-corrected chi connectivity index (χ3v) is 2.93. The molecular formula is C15H11N3O3. The molecule has 2 aromatic carbocycles. The Morgan fingerprint density at radius 3 is 2.76 bits per heavy atom. The van der Waals surface area contributed by atoms with Crippen LogP contribution in [-0.4, -0.2) is 12.8 Å². The normalized spacial score (nSPS) is 11.6. The Morgan fingerprint density at radius 1 is 1.10 bits per heavy atom. The van der Waals surface area contributed by atoms with Crippen LogP contribution >= 0.6 is 0 Å². The lowest BCUT2D eigenvalue weighted by Gasteiger charge is -2.09. The lowest BCUT2D eigenvalue weighted by molar-refractivity contribution is 0.174. The Morgan fingerprint density at radius 2 is 1.90 bits per heavy atom. The molecule has 1 aliphatic heterocycles. The van der Waals surface area contributed by atoms with Gasteiger partial charge in [0, 0.05) is 11.8 Å². The molecule has 104 valence electrons. The van der Waals surface area contributed by atoms with Crippen LogP contribution in [0.25, 0.3) is 0 Å². The second kappa shape index (κ2) is 5.43. The molecular weight excluding hydrogens is 270 g/mol. The maximum Gasteiger partial charge on any atom is 0.323 e. The van der Waals surface area contributed by atoms with Crippen molar-refractivity contribution in [3.63, 3.8) is 0 Å². The average molecular weight is 281 g/mol. The predicted molar refractivity (Wildman–Crippen MR) is 76.4 cm³/mol. The molecule has 1 heterocycles. The summed E-state index contributed by atoms with van der Waals surface area (Å²) in [6.45, 7) is 0.181. The predicted octanol–water partition coefficient (Wildman–Crippen LogP) is 2.93. The van der Waals surface area contributed by atoms with Crippen molar-refractivity contribution in [3.8, 4) is 17.6 Å². The number of nitrogens with one attached hydrogen (secondary N) is 2. The number of amides is 2. The molecule has 6 heteroatoms. The third kappa shape index (κ3) is 2.72. The fourth-order valence-electron chi connectivity index (χ4n) is 1.95. The fraction of sp³-hybridized carbons (Fsp3) is 0.0667. The molecule has 0 aliphatic carbocycles. The fourth-order valence-corrected chi connectivity index (χ4v) is 1.95. The van der Waals surface area contributed by atoms with Gasteiger partial charge in [0.15, 0.2) is 11.5 Å². The van der Waals surface area contributed by atoms with E-state index in [-0.39, 0.29) is 6.79 Å². The average Bonchev–Trinajstić information content (AvgIpc) is 2.95. The second-order valence-electron chi connectivity index (χ2n) is 4.30. The molecule has 0 spiro atoms. The van der Waals surface area contributed by atoms with Crippen molar-refractivity contribution in [3.05, 3.63) is 48.0 Å². The molecule has 1 aliphatic rings. The van der Waals surface area contributed by atoms with Crippen molar-refractivity contribution in [1.29, 1.82) is 5.26 Å². The van der Waals surface area contributed by atoms with Crippen LogP contribution in [0.2, 0.25) is 0 Å². The minimum atomic E-state index is -0.434. The quantitative estimate of drug-likeness (QED) is 0.886. The summed E-state index contributed by atoms with van der Waals surface area (Å²) in [6, 6.07) is 13.5. The standard InChI is InChI=1S/C15H11N3O3/c16-8-10-3-1-2-4-12(10)18-15(19)17-11-5-6-13-14(7-11)21-9-20-13/h1-7H,9H2,(H2,17,18,19). The number of fused-ring (bicyclic) bond motifs is 1. The first-order valence-corrected chi connectivity index (χ1v) is 6.23. The van der Waals surface area contributed by atoms with Gasteiger partial charge in [-0.15, -0.1) is 0 Å². The lowest BCUT2D eigenvalue weighted by atomic mass is 10.2.